The van der Waals surface area contributed by atoms with Crippen LogP contribution in [0.3, 0.4) is 0 Å². The van der Waals surface area contributed by atoms with E-state index in [1.165, 1.54) is 0 Å². The number of pyridine rings is 1. The Kier molecular flexibility index (Phi) is 5.37. The normalized spacial score (nSPS) is 29.1. The molecule has 2 aromatic rings. The molecule has 10 nitrogen and oxygen atoms in total. The van der Waals surface area contributed by atoms with Gasteiger partial charge in [-0.1, -0.05) is 0 Å². The number of hydrogen-bond acceptors (Lipinski definition) is 8. The Labute approximate surface area is 150 Å². The molecule has 1 fully saturated rings. The summed E-state index contributed by atoms with van der Waals surface area (Å²) in [7, 11) is 3.54. The van der Waals surface area contributed by atoms with E-state index in [1.54, 1.807) is 44.5 Å². The molecule has 1 aliphatic rings. The monoisotopic (exact) mass is 364 g/mol. The van der Waals surface area contributed by atoms with Crippen LogP contribution in [0.5, 0.6) is 0 Å². The van der Waals surface area contributed by atoms with Gasteiger partial charge in [0, 0.05) is 6.20 Å². The van der Waals surface area contributed by atoms with Crippen LogP contribution in [0.25, 0.3) is 11.0 Å². The molecule has 1 aliphatic heterocycles. The summed E-state index contributed by atoms with van der Waals surface area (Å²) in [5, 5.41) is 26.6. The van der Waals surface area contributed by atoms with E-state index < -0.39 is 30.6 Å². The third kappa shape index (κ3) is 3.78. The second-order valence-corrected chi connectivity index (χ2v) is 6.68. The number of likely N-dealkylation sites (N-methyl/N-ethyl adjacent to an activating group) is 1. The third-order valence-corrected chi connectivity index (χ3v) is 4.30. The van der Waals surface area contributed by atoms with Crippen molar-refractivity contribution in [2.45, 2.75) is 37.5 Å². The molecule has 5 N–H and O–H groups in total. The number of ether oxygens (including phenoxy) is 1. The lowest BCUT2D eigenvalue weighted by Crippen LogP contribution is -2.64. The van der Waals surface area contributed by atoms with E-state index in [0.717, 1.165) is 5.52 Å². The van der Waals surface area contributed by atoms with Crippen LogP contribution in [-0.2, 0) is 9.53 Å². The average Bonchev–Trinajstić information content (AvgIpc) is 3.05. The molecule has 1 saturated heterocycles. The maximum atomic E-state index is 12.0. The van der Waals surface area contributed by atoms with E-state index in [2.05, 4.69) is 25.6 Å². The van der Waals surface area contributed by atoms with Gasteiger partial charge in [0.2, 0.25) is 5.91 Å². The summed E-state index contributed by atoms with van der Waals surface area (Å²) in [6.45, 7) is 1.91. The topological polar surface area (TPSA) is 136 Å². The van der Waals surface area contributed by atoms with Crippen molar-refractivity contribution in [3.05, 3.63) is 18.6 Å². The number of aliphatic hydroxyl groups is 2. The molecule has 10 heteroatoms. The van der Waals surface area contributed by atoms with Gasteiger partial charge in [-0.3, -0.25) is 4.79 Å². The third-order valence-electron chi connectivity index (χ3n) is 4.30. The average molecular weight is 364 g/mol. The van der Waals surface area contributed by atoms with Crippen LogP contribution in [0, 0.1) is 0 Å². The highest BCUT2D eigenvalue weighted by molar-refractivity contribution is 5.85. The van der Waals surface area contributed by atoms with Gasteiger partial charge >= 0.3 is 0 Å². The number of H-pyrrole nitrogens is 1. The summed E-state index contributed by atoms with van der Waals surface area (Å²) >= 11 is 0. The molecular weight excluding hydrogens is 340 g/mol. The predicted molar refractivity (Wildman–Crippen MR) is 94.3 cm³/mol. The number of fused-ring (bicyclic) bond motifs is 1. The summed E-state index contributed by atoms with van der Waals surface area (Å²) < 4.78 is 5.79. The molecule has 2 aromatic heterocycles. The standard InChI is InChI=1S/C16H24N6O4/c1-8-11(20-10(23)6-22(2)3)13(24)14(25)16(26-8)21-15-12-9(4-5-17-15)18-7-19-12/h4-5,7-8,11,13-14,16,24-25H,6H2,1-3H3,(H,17,21)(H,18,19)(H,20,23)/t8-,11-,13+,14+,16-/m0/s1. The molecule has 0 saturated carbocycles. The number of amides is 1. The first-order valence-corrected chi connectivity index (χ1v) is 8.37. The number of nitrogens with zero attached hydrogens (tertiary/aromatic N) is 3. The first kappa shape index (κ1) is 18.5. The van der Waals surface area contributed by atoms with Gasteiger partial charge in [0.15, 0.2) is 12.0 Å². The summed E-state index contributed by atoms with van der Waals surface area (Å²) in [6, 6.07) is 1.06. The summed E-state index contributed by atoms with van der Waals surface area (Å²) in [5.74, 6) is 0.179. The molecule has 3 rings (SSSR count). The largest absolute Gasteiger partial charge is 0.388 e. The Morgan fingerprint density at radius 2 is 2.12 bits per heavy atom. The maximum absolute atomic E-state index is 12.0. The lowest BCUT2D eigenvalue weighted by molar-refractivity contribution is -0.172. The van der Waals surface area contributed by atoms with E-state index >= 15 is 0 Å². The summed E-state index contributed by atoms with van der Waals surface area (Å²) in [5.41, 5.74) is 1.39. The van der Waals surface area contributed by atoms with Crippen molar-refractivity contribution in [1.29, 1.82) is 0 Å². The van der Waals surface area contributed by atoms with E-state index in [9.17, 15) is 15.0 Å². The van der Waals surface area contributed by atoms with Gasteiger partial charge in [0.25, 0.3) is 0 Å². The Bertz CT molecular complexity index is 766. The minimum Gasteiger partial charge on any atom is -0.388 e. The number of nitrogens with one attached hydrogen (secondary N) is 3. The molecule has 142 valence electrons. The van der Waals surface area contributed by atoms with Gasteiger partial charge in [0.05, 0.1) is 30.5 Å². The smallest absolute Gasteiger partial charge is 0.234 e. The number of carbonyl (C=O) groups is 1. The fraction of sp³-hybridized carbons (Fsp3) is 0.562. The number of rotatable bonds is 5. The van der Waals surface area contributed by atoms with Crippen molar-refractivity contribution in [1.82, 2.24) is 25.2 Å². The van der Waals surface area contributed by atoms with E-state index in [0.29, 0.717) is 11.3 Å². The number of aromatic amines is 1. The van der Waals surface area contributed by atoms with Crippen LogP contribution in [0.15, 0.2) is 18.6 Å². The van der Waals surface area contributed by atoms with Crippen LogP contribution in [0.1, 0.15) is 6.92 Å². The van der Waals surface area contributed by atoms with Crippen molar-refractivity contribution in [3.8, 4) is 0 Å². The Hall–Kier alpha value is -2.27. The molecule has 5 atom stereocenters. The molecule has 0 bridgehead atoms. The molecule has 3 heterocycles. The first-order valence-electron chi connectivity index (χ1n) is 8.37. The molecule has 0 unspecified atom stereocenters. The molecule has 0 aromatic carbocycles. The fourth-order valence-corrected chi connectivity index (χ4v) is 3.01. The number of aromatic nitrogens is 3. The summed E-state index contributed by atoms with van der Waals surface area (Å²) in [6.07, 6.45) is -0.717. The highest BCUT2D eigenvalue weighted by Gasteiger charge is 2.43. The molecule has 0 radical (unpaired) electrons. The van der Waals surface area contributed by atoms with Crippen molar-refractivity contribution in [2.75, 3.05) is 26.0 Å². The van der Waals surface area contributed by atoms with Crippen LogP contribution in [0.2, 0.25) is 0 Å². The van der Waals surface area contributed by atoms with Gasteiger partial charge in [-0.15, -0.1) is 0 Å². The van der Waals surface area contributed by atoms with Crippen LogP contribution < -0.4 is 10.6 Å². The van der Waals surface area contributed by atoms with Gasteiger partial charge in [-0.05, 0) is 27.1 Å². The summed E-state index contributed by atoms with van der Waals surface area (Å²) in [4.78, 5) is 25.1. The van der Waals surface area contributed by atoms with Gasteiger partial charge in [-0.2, -0.15) is 0 Å². The van der Waals surface area contributed by atoms with E-state index in [1.807, 2.05) is 0 Å². The number of imidazole rings is 1. The Balaban J connectivity index is 1.70. The second kappa shape index (κ2) is 7.54. The molecule has 1 amide bonds. The number of carbonyl (C=O) groups excluding carboxylic acids is 1. The second-order valence-electron chi connectivity index (χ2n) is 6.68. The quantitative estimate of drug-likeness (QED) is 0.450. The number of hydrogen-bond donors (Lipinski definition) is 5. The predicted octanol–water partition coefficient (Wildman–Crippen LogP) is -1.12. The molecule has 26 heavy (non-hydrogen) atoms. The minimum absolute atomic E-state index is 0.179. The Morgan fingerprint density at radius 1 is 1.35 bits per heavy atom. The fourth-order valence-electron chi connectivity index (χ4n) is 3.01. The highest BCUT2D eigenvalue weighted by Crippen LogP contribution is 2.24. The van der Waals surface area contributed by atoms with Crippen LogP contribution in [0.4, 0.5) is 5.82 Å². The SMILES string of the molecule is C[C@@H]1O[C@H](Nc2nccc3[nH]cnc23)[C@H](O)[C@H](O)[C@H]1NC(=O)CN(C)C. The van der Waals surface area contributed by atoms with Crippen LogP contribution in [-0.4, -0.2) is 87.2 Å². The molecular formula is C16H24N6O4. The van der Waals surface area contributed by atoms with Crippen molar-refractivity contribution >= 4 is 22.8 Å². The van der Waals surface area contributed by atoms with Gasteiger partial charge in [-0.25, -0.2) is 9.97 Å². The lowest BCUT2D eigenvalue weighted by Gasteiger charge is -2.42. The highest BCUT2D eigenvalue weighted by atomic mass is 16.5. The Morgan fingerprint density at radius 3 is 2.85 bits per heavy atom. The van der Waals surface area contributed by atoms with Gasteiger partial charge < -0.3 is 35.5 Å². The minimum atomic E-state index is -1.26. The first-order chi connectivity index (χ1) is 12.4. The van der Waals surface area contributed by atoms with Crippen molar-refractivity contribution < 1.29 is 19.7 Å². The number of anilines is 1. The molecule has 0 spiro atoms. The van der Waals surface area contributed by atoms with Gasteiger partial charge in [0.1, 0.15) is 17.7 Å². The van der Waals surface area contributed by atoms with Crippen molar-refractivity contribution in [3.63, 3.8) is 0 Å². The molecule has 0 aliphatic carbocycles. The van der Waals surface area contributed by atoms with E-state index in [-0.39, 0.29) is 12.5 Å². The number of aliphatic hydroxyl groups excluding tert-OH is 2. The van der Waals surface area contributed by atoms with Crippen LogP contribution >= 0.6 is 0 Å². The zero-order valence-corrected chi connectivity index (χ0v) is 14.9. The van der Waals surface area contributed by atoms with E-state index in [4.69, 9.17) is 4.74 Å². The lowest BCUT2D eigenvalue weighted by atomic mass is 9.96. The van der Waals surface area contributed by atoms with Crippen molar-refractivity contribution in [2.24, 2.45) is 0 Å². The zero-order valence-electron chi connectivity index (χ0n) is 14.9. The zero-order chi connectivity index (χ0) is 18.8. The maximum Gasteiger partial charge on any atom is 0.234 e.